The van der Waals surface area contributed by atoms with Crippen molar-refractivity contribution in [1.82, 2.24) is 0 Å². The maximum atomic E-state index is 12.2. The Morgan fingerprint density at radius 3 is 2.31 bits per heavy atom. The van der Waals surface area contributed by atoms with E-state index in [2.05, 4.69) is 20.8 Å². The summed E-state index contributed by atoms with van der Waals surface area (Å²) in [5, 5.41) is 11.8. The molecular formula is C29H46O7. The molecule has 4 fully saturated rings. The molecule has 7 nitrogen and oxygen atoms in total. The van der Waals surface area contributed by atoms with Gasteiger partial charge in [0.05, 0.1) is 13.2 Å². The molecule has 4 saturated carbocycles. The van der Waals surface area contributed by atoms with Crippen molar-refractivity contribution >= 4 is 17.9 Å². The van der Waals surface area contributed by atoms with Crippen LogP contribution >= 0.6 is 0 Å². The van der Waals surface area contributed by atoms with Gasteiger partial charge < -0.3 is 19.3 Å². The van der Waals surface area contributed by atoms with E-state index in [9.17, 15) is 19.5 Å². The number of hydrogen-bond donors (Lipinski definition) is 1. The van der Waals surface area contributed by atoms with Gasteiger partial charge >= 0.3 is 17.9 Å². The van der Waals surface area contributed by atoms with Gasteiger partial charge in [-0.1, -0.05) is 20.8 Å². The molecule has 4 rings (SSSR count). The second kappa shape index (κ2) is 10.3. The summed E-state index contributed by atoms with van der Waals surface area (Å²) in [6, 6.07) is 0. The van der Waals surface area contributed by atoms with Gasteiger partial charge in [0.1, 0.15) is 12.2 Å². The number of rotatable bonds is 6. The zero-order valence-corrected chi connectivity index (χ0v) is 23.0. The highest BCUT2D eigenvalue weighted by molar-refractivity contribution is 5.69. The lowest BCUT2D eigenvalue weighted by atomic mass is 9.43. The molecule has 0 aromatic carbocycles. The van der Waals surface area contributed by atoms with Crippen molar-refractivity contribution in [3.05, 3.63) is 0 Å². The lowest BCUT2D eigenvalue weighted by Crippen LogP contribution is -2.63. The number of carbonyl (C=O) groups is 3. The molecule has 0 aliphatic heterocycles. The van der Waals surface area contributed by atoms with Crippen LogP contribution in [-0.4, -0.2) is 48.4 Å². The fraction of sp³-hybridized carbons (Fsp3) is 0.897. The Labute approximate surface area is 216 Å². The van der Waals surface area contributed by atoms with E-state index in [1.165, 1.54) is 21.0 Å². The highest BCUT2D eigenvalue weighted by atomic mass is 16.5. The van der Waals surface area contributed by atoms with Crippen molar-refractivity contribution in [1.29, 1.82) is 0 Å². The number of carbonyl (C=O) groups excluding carboxylic acids is 3. The predicted molar refractivity (Wildman–Crippen MR) is 134 cm³/mol. The highest BCUT2D eigenvalue weighted by Crippen LogP contribution is 2.68. The van der Waals surface area contributed by atoms with Gasteiger partial charge in [-0.05, 0) is 91.8 Å². The van der Waals surface area contributed by atoms with Crippen molar-refractivity contribution in [3.63, 3.8) is 0 Å². The summed E-state index contributed by atoms with van der Waals surface area (Å²) >= 11 is 0. The summed E-state index contributed by atoms with van der Waals surface area (Å²) in [6.07, 6.45) is 6.59. The Morgan fingerprint density at radius 2 is 1.67 bits per heavy atom. The molecule has 36 heavy (non-hydrogen) atoms. The van der Waals surface area contributed by atoms with E-state index < -0.39 is 6.10 Å². The lowest BCUT2D eigenvalue weighted by molar-refractivity contribution is -0.218. The molecule has 0 radical (unpaired) electrons. The van der Waals surface area contributed by atoms with E-state index >= 15 is 0 Å². The van der Waals surface area contributed by atoms with Gasteiger partial charge in [-0.2, -0.15) is 0 Å². The van der Waals surface area contributed by atoms with E-state index in [0.29, 0.717) is 24.7 Å². The summed E-state index contributed by atoms with van der Waals surface area (Å²) in [6.45, 7) is 9.78. The maximum Gasteiger partial charge on any atom is 0.305 e. The van der Waals surface area contributed by atoms with Crippen LogP contribution in [0.15, 0.2) is 0 Å². The highest BCUT2D eigenvalue weighted by Gasteiger charge is 2.66. The summed E-state index contributed by atoms with van der Waals surface area (Å²) in [4.78, 5) is 35.7. The zero-order valence-electron chi connectivity index (χ0n) is 23.0. The Morgan fingerprint density at radius 1 is 0.972 bits per heavy atom. The van der Waals surface area contributed by atoms with Crippen LogP contribution in [0.25, 0.3) is 0 Å². The first-order valence-corrected chi connectivity index (χ1v) is 14.0. The molecule has 0 aromatic rings. The maximum absolute atomic E-state index is 12.2. The molecular weight excluding hydrogens is 460 g/mol. The molecule has 0 heterocycles. The number of ether oxygens (including phenoxy) is 3. The minimum atomic E-state index is -0.434. The van der Waals surface area contributed by atoms with Gasteiger partial charge in [0.15, 0.2) is 0 Å². The van der Waals surface area contributed by atoms with E-state index in [4.69, 9.17) is 14.2 Å². The molecule has 11 atom stereocenters. The Bertz CT molecular complexity index is 857. The first-order chi connectivity index (χ1) is 16.9. The van der Waals surface area contributed by atoms with E-state index in [0.717, 1.165) is 44.9 Å². The summed E-state index contributed by atoms with van der Waals surface area (Å²) < 4.78 is 16.5. The molecule has 0 amide bonds. The van der Waals surface area contributed by atoms with Crippen LogP contribution in [0.3, 0.4) is 0 Å². The lowest BCUT2D eigenvalue weighted by Gasteiger charge is -2.64. The molecule has 1 N–H and O–H groups in total. The number of fused-ring (bicyclic) bond motifs is 5. The fourth-order valence-corrected chi connectivity index (χ4v) is 9.42. The van der Waals surface area contributed by atoms with Crippen LogP contribution in [0.5, 0.6) is 0 Å². The molecule has 0 unspecified atom stereocenters. The van der Waals surface area contributed by atoms with Crippen LogP contribution in [0.2, 0.25) is 0 Å². The van der Waals surface area contributed by atoms with Gasteiger partial charge in [-0.25, -0.2) is 0 Å². The number of aliphatic hydroxyl groups is 1. The first-order valence-electron chi connectivity index (χ1n) is 14.0. The number of methoxy groups -OCH3 is 1. The monoisotopic (exact) mass is 506 g/mol. The van der Waals surface area contributed by atoms with Gasteiger partial charge in [-0.15, -0.1) is 0 Å². The summed E-state index contributed by atoms with van der Waals surface area (Å²) in [7, 11) is 1.43. The molecule has 204 valence electrons. The predicted octanol–water partition coefficient (Wildman–Crippen LogP) is 4.68. The average molecular weight is 507 g/mol. The first kappa shape index (κ1) is 27.4. The normalized spacial score (nSPS) is 44.4. The van der Waals surface area contributed by atoms with Crippen LogP contribution in [0.4, 0.5) is 0 Å². The van der Waals surface area contributed by atoms with Crippen molar-refractivity contribution in [2.24, 2.45) is 46.3 Å². The number of esters is 3. The van der Waals surface area contributed by atoms with Gasteiger partial charge in [0, 0.05) is 26.2 Å². The Hall–Kier alpha value is -1.63. The third-order valence-electron chi connectivity index (χ3n) is 11.2. The smallest absolute Gasteiger partial charge is 0.305 e. The van der Waals surface area contributed by atoms with Crippen LogP contribution in [0, 0.1) is 46.3 Å². The van der Waals surface area contributed by atoms with Gasteiger partial charge in [0.2, 0.25) is 0 Å². The largest absolute Gasteiger partial charge is 0.469 e. The Kier molecular flexibility index (Phi) is 7.81. The number of aliphatic hydroxyl groups excluding tert-OH is 1. The molecule has 0 aromatic heterocycles. The summed E-state index contributed by atoms with van der Waals surface area (Å²) in [5.74, 6) is 0.965. The van der Waals surface area contributed by atoms with Crippen LogP contribution < -0.4 is 0 Å². The minimum Gasteiger partial charge on any atom is -0.469 e. The van der Waals surface area contributed by atoms with E-state index in [1.807, 2.05) is 0 Å². The van der Waals surface area contributed by atoms with Gasteiger partial charge in [-0.3, -0.25) is 14.4 Å². The van der Waals surface area contributed by atoms with Gasteiger partial charge in [0.25, 0.3) is 0 Å². The minimum absolute atomic E-state index is 0.0227. The van der Waals surface area contributed by atoms with Crippen molar-refractivity contribution in [2.75, 3.05) is 7.11 Å². The third kappa shape index (κ3) is 4.69. The third-order valence-corrected chi connectivity index (χ3v) is 11.2. The molecule has 0 saturated heterocycles. The topological polar surface area (TPSA) is 99.1 Å². The van der Waals surface area contributed by atoms with Crippen LogP contribution in [-0.2, 0) is 28.6 Å². The van der Waals surface area contributed by atoms with Crippen molar-refractivity contribution < 1.29 is 33.7 Å². The van der Waals surface area contributed by atoms with Crippen molar-refractivity contribution in [3.8, 4) is 0 Å². The Balaban J connectivity index is 1.62. The van der Waals surface area contributed by atoms with E-state index in [1.54, 1.807) is 0 Å². The SMILES string of the molecule is COC(=O)CC[C@@H](C)[C@H]1CC[C@H]2[C@@H]3[C@H](OC(C)=O)C[C@H]4C[C@@H](OC(C)=O)CC[C@]4(C)[C@H]3C[C@H](O)[C@]12C. The average Bonchev–Trinajstić information content (AvgIpc) is 3.16. The molecule has 0 spiro atoms. The molecule has 4 aliphatic rings. The zero-order chi connectivity index (χ0) is 26.4. The van der Waals surface area contributed by atoms with E-state index in [-0.39, 0.29) is 64.6 Å². The molecule has 4 aliphatic carbocycles. The molecule has 7 heteroatoms. The quantitative estimate of drug-likeness (QED) is 0.412. The molecule has 0 bridgehead atoms. The number of hydrogen-bond acceptors (Lipinski definition) is 7. The van der Waals surface area contributed by atoms with Crippen molar-refractivity contribution in [2.45, 2.75) is 111 Å². The second-order valence-electron chi connectivity index (χ2n) is 12.8. The van der Waals surface area contributed by atoms with Crippen LogP contribution in [0.1, 0.15) is 92.4 Å². The fourth-order valence-electron chi connectivity index (χ4n) is 9.42. The second-order valence-corrected chi connectivity index (χ2v) is 12.8. The summed E-state index contributed by atoms with van der Waals surface area (Å²) in [5.41, 5.74) is -0.248. The standard InChI is InChI=1S/C29H46O7/c1-16(7-10-26(33)34-6)21-8-9-22-27-23(15-25(32)29(21,22)5)28(4)12-11-20(35-17(2)30)13-19(28)14-24(27)36-18(3)31/h16,19-25,27,32H,7-15H2,1-6H3/t16-,19-,20+,21-,22+,23+,24-,25+,27+,28+,29-/m1/s1.